The van der Waals surface area contributed by atoms with Gasteiger partial charge in [-0.2, -0.15) is 5.10 Å². The van der Waals surface area contributed by atoms with Crippen LogP contribution in [0.4, 0.5) is 5.82 Å². The maximum absolute atomic E-state index is 12.6. The number of aryl methyl sites for hydroxylation is 2. The molecule has 0 atom stereocenters. The Hall–Kier alpha value is -3.71. The summed E-state index contributed by atoms with van der Waals surface area (Å²) >= 11 is 6.21. The summed E-state index contributed by atoms with van der Waals surface area (Å²) in [7, 11) is 0. The number of anilines is 1. The van der Waals surface area contributed by atoms with E-state index in [4.69, 9.17) is 16.3 Å². The molecule has 1 N–H and O–H groups in total. The predicted molar refractivity (Wildman–Crippen MR) is 123 cm³/mol. The van der Waals surface area contributed by atoms with E-state index in [1.165, 1.54) is 0 Å². The van der Waals surface area contributed by atoms with E-state index in [2.05, 4.69) is 15.4 Å². The van der Waals surface area contributed by atoms with Crippen molar-refractivity contribution in [3.8, 4) is 0 Å². The van der Waals surface area contributed by atoms with Crippen molar-refractivity contribution in [2.24, 2.45) is 0 Å². The van der Waals surface area contributed by atoms with E-state index >= 15 is 0 Å². The van der Waals surface area contributed by atoms with Crippen LogP contribution in [0.1, 0.15) is 27.2 Å². The van der Waals surface area contributed by atoms with Crippen molar-refractivity contribution in [1.29, 1.82) is 0 Å². The molecule has 0 spiro atoms. The van der Waals surface area contributed by atoms with Crippen molar-refractivity contribution in [2.75, 3.05) is 11.9 Å². The summed E-state index contributed by atoms with van der Waals surface area (Å²) in [6, 6.07) is 16.6. The minimum Gasteiger partial charge on any atom is -0.452 e. The lowest BCUT2D eigenvalue weighted by molar-refractivity contribution is -0.119. The summed E-state index contributed by atoms with van der Waals surface area (Å²) in [4.78, 5) is 29.4. The van der Waals surface area contributed by atoms with E-state index in [1.54, 1.807) is 36.0 Å². The number of halogens is 1. The molecule has 2 aromatic carbocycles. The first kappa shape index (κ1) is 21.5. The second-order valence-electron chi connectivity index (χ2n) is 7.41. The molecule has 2 aromatic heterocycles. The number of aromatic nitrogens is 3. The summed E-state index contributed by atoms with van der Waals surface area (Å²) in [6.07, 6.45) is 1.57. The molecule has 0 bridgehead atoms. The molecule has 0 aliphatic heterocycles. The summed E-state index contributed by atoms with van der Waals surface area (Å²) in [6.45, 7) is 3.67. The zero-order chi connectivity index (χ0) is 22.7. The van der Waals surface area contributed by atoms with Gasteiger partial charge in [-0.1, -0.05) is 41.4 Å². The lowest BCUT2D eigenvalue weighted by Gasteiger charge is -2.11. The maximum Gasteiger partial charge on any atom is 0.340 e. The smallest absolute Gasteiger partial charge is 0.340 e. The van der Waals surface area contributed by atoms with Crippen LogP contribution in [0, 0.1) is 13.8 Å². The largest absolute Gasteiger partial charge is 0.452 e. The molecule has 0 fully saturated rings. The highest BCUT2D eigenvalue weighted by atomic mass is 35.5. The fourth-order valence-electron chi connectivity index (χ4n) is 3.34. The monoisotopic (exact) mass is 448 g/mol. The molecule has 7 nitrogen and oxygen atoms in total. The minimum atomic E-state index is -0.599. The second-order valence-corrected chi connectivity index (χ2v) is 7.81. The van der Waals surface area contributed by atoms with Gasteiger partial charge in [0.05, 0.1) is 29.5 Å². The van der Waals surface area contributed by atoms with E-state index in [-0.39, 0.29) is 0 Å². The number of amides is 1. The van der Waals surface area contributed by atoms with Crippen molar-refractivity contribution in [3.63, 3.8) is 0 Å². The van der Waals surface area contributed by atoms with Crippen LogP contribution in [0.2, 0.25) is 5.02 Å². The van der Waals surface area contributed by atoms with Gasteiger partial charge in [-0.05, 0) is 43.7 Å². The number of hydrogen-bond acceptors (Lipinski definition) is 5. The van der Waals surface area contributed by atoms with Crippen LogP contribution in [0.25, 0.3) is 10.9 Å². The molecule has 0 saturated heterocycles. The second kappa shape index (κ2) is 9.20. The number of hydrogen-bond donors (Lipinski definition) is 1. The standard InChI is InChI=1S/C24H21ClN4O3/c1-15-7-8-21-18(11-15)12-19(16(2)27-21)24(31)32-14-23(30)28-22-9-10-26-29(22)13-17-5-3-4-6-20(17)25/h3-12H,13-14H2,1-2H3,(H,28,30). The van der Waals surface area contributed by atoms with Crippen LogP contribution in [0.3, 0.4) is 0 Å². The van der Waals surface area contributed by atoms with E-state index in [9.17, 15) is 9.59 Å². The summed E-state index contributed by atoms with van der Waals surface area (Å²) < 4.78 is 6.85. The van der Waals surface area contributed by atoms with E-state index < -0.39 is 18.5 Å². The first-order valence-electron chi connectivity index (χ1n) is 10.0. The van der Waals surface area contributed by atoms with Gasteiger partial charge in [-0.25, -0.2) is 9.48 Å². The van der Waals surface area contributed by atoms with Crippen molar-refractivity contribution in [1.82, 2.24) is 14.8 Å². The van der Waals surface area contributed by atoms with Crippen molar-refractivity contribution in [2.45, 2.75) is 20.4 Å². The first-order valence-corrected chi connectivity index (χ1v) is 10.4. The Kier molecular flexibility index (Phi) is 6.18. The zero-order valence-electron chi connectivity index (χ0n) is 17.6. The number of nitrogens with one attached hydrogen (secondary N) is 1. The van der Waals surface area contributed by atoms with E-state index in [0.29, 0.717) is 28.6 Å². The van der Waals surface area contributed by atoms with Crippen LogP contribution < -0.4 is 5.32 Å². The Bertz CT molecular complexity index is 1320. The third kappa shape index (κ3) is 4.78. The molecule has 32 heavy (non-hydrogen) atoms. The Balaban J connectivity index is 1.40. The Morgan fingerprint density at radius 2 is 1.91 bits per heavy atom. The molecule has 0 aliphatic carbocycles. The quantitative estimate of drug-likeness (QED) is 0.437. The van der Waals surface area contributed by atoms with Gasteiger partial charge >= 0.3 is 5.97 Å². The SMILES string of the molecule is Cc1ccc2nc(C)c(C(=O)OCC(=O)Nc3ccnn3Cc3ccccc3Cl)cc2c1. The number of rotatable bonds is 6. The lowest BCUT2D eigenvalue weighted by atomic mass is 10.1. The molecule has 4 rings (SSSR count). The van der Waals surface area contributed by atoms with Gasteiger partial charge in [-0.15, -0.1) is 0 Å². The number of benzene rings is 2. The Morgan fingerprint density at radius 1 is 1.09 bits per heavy atom. The van der Waals surface area contributed by atoms with Gasteiger partial charge in [0.1, 0.15) is 5.82 Å². The Labute approximate surface area is 190 Å². The third-order valence-corrected chi connectivity index (χ3v) is 5.35. The normalized spacial score (nSPS) is 10.8. The highest BCUT2D eigenvalue weighted by Gasteiger charge is 2.16. The first-order chi connectivity index (χ1) is 15.4. The highest BCUT2D eigenvalue weighted by molar-refractivity contribution is 6.31. The van der Waals surface area contributed by atoms with Crippen molar-refractivity contribution >= 4 is 40.2 Å². The molecule has 0 saturated carbocycles. The summed E-state index contributed by atoms with van der Waals surface area (Å²) in [5.74, 6) is -0.593. The number of nitrogens with zero attached hydrogens (tertiary/aromatic N) is 3. The van der Waals surface area contributed by atoms with Crippen LogP contribution in [0.5, 0.6) is 0 Å². The highest BCUT2D eigenvalue weighted by Crippen LogP contribution is 2.20. The fraction of sp³-hybridized carbons (Fsp3) is 0.167. The van der Waals surface area contributed by atoms with Crippen molar-refractivity contribution in [3.05, 3.63) is 88.2 Å². The fourth-order valence-corrected chi connectivity index (χ4v) is 3.53. The van der Waals surface area contributed by atoms with Gasteiger partial charge in [-0.3, -0.25) is 9.78 Å². The number of pyridine rings is 1. The number of carbonyl (C=O) groups excluding carboxylic acids is 2. The molecule has 0 radical (unpaired) electrons. The molecule has 0 aliphatic rings. The zero-order valence-corrected chi connectivity index (χ0v) is 18.4. The van der Waals surface area contributed by atoms with E-state index in [0.717, 1.165) is 22.0 Å². The number of carbonyl (C=O) groups is 2. The van der Waals surface area contributed by atoms with Crippen LogP contribution in [0.15, 0.2) is 60.8 Å². The van der Waals surface area contributed by atoms with E-state index in [1.807, 2.05) is 43.3 Å². The molecule has 2 heterocycles. The van der Waals surface area contributed by atoms with Gasteiger partial charge in [0, 0.05) is 16.5 Å². The number of esters is 1. The molecular formula is C24H21ClN4O3. The molecule has 0 unspecified atom stereocenters. The number of ether oxygens (including phenoxy) is 1. The number of fused-ring (bicyclic) bond motifs is 1. The Morgan fingerprint density at radius 3 is 2.72 bits per heavy atom. The van der Waals surface area contributed by atoms with Crippen LogP contribution in [-0.4, -0.2) is 33.2 Å². The maximum atomic E-state index is 12.6. The lowest BCUT2D eigenvalue weighted by Crippen LogP contribution is -2.23. The topological polar surface area (TPSA) is 86.1 Å². The van der Waals surface area contributed by atoms with Crippen molar-refractivity contribution < 1.29 is 14.3 Å². The molecule has 8 heteroatoms. The molecule has 1 amide bonds. The van der Waals surface area contributed by atoms with Crippen LogP contribution >= 0.6 is 11.6 Å². The summed E-state index contributed by atoms with van der Waals surface area (Å²) in [5.41, 5.74) is 3.61. The predicted octanol–water partition coefficient (Wildman–Crippen LogP) is 4.55. The van der Waals surface area contributed by atoms with Gasteiger partial charge in [0.15, 0.2) is 6.61 Å². The third-order valence-electron chi connectivity index (χ3n) is 4.98. The average molecular weight is 449 g/mol. The van der Waals surface area contributed by atoms with Crippen LogP contribution in [-0.2, 0) is 16.1 Å². The average Bonchev–Trinajstić information content (AvgIpc) is 3.20. The van der Waals surface area contributed by atoms with Gasteiger partial charge in [0.25, 0.3) is 5.91 Å². The molecule has 162 valence electrons. The van der Waals surface area contributed by atoms with Gasteiger partial charge in [0.2, 0.25) is 0 Å². The summed E-state index contributed by atoms with van der Waals surface area (Å²) in [5, 5.41) is 8.40. The molecule has 4 aromatic rings. The molecular weight excluding hydrogens is 428 g/mol. The van der Waals surface area contributed by atoms with Gasteiger partial charge < -0.3 is 10.1 Å². The minimum absolute atomic E-state index is 0.333.